The number of hydrogen-bond donors (Lipinski definition) is 2. The lowest BCUT2D eigenvalue weighted by molar-refractivity contribution is -0.159. The molecule has 3 N–H and O–H groups in total. The largest absolute Gasteiger partial charge is 0.469 e. The summed E-state index contributed by atoms with van der Waals surface area (Å²) in [6.07, 6.45) is -0.101. The molecule has 9 nitrogen and oxygen atoms in total. The van der Waals surface area contributed by atoms with Gasteiger partial charge >= 0.3 is 0 Å². The van der Waals surface area contributed by atoms with Crippen molar-refractivity contribution >= 4 is 17.6 Å². The van der Waals surface area contributed by atoms with Crippen molar-refractivity contribution in [1.82, 2.24) is 5.32 Å². The van der Waals surface area contributed by atoms with Gasteiger partial charge in [0.2, 0.25) is 11.4 Å². The highest BCUT2D eigenvalue weighted by Gasteiger charge is 2.56. The number of ketones is 1. The molecule has 2 aromatic carbocycles. The highest BCUT2D eigenvalue weighted by atomic mass is 16.5. The second kappa shape index (κ2) is 9.38. The molecule has 0 aromatic heterocycles. The second-order valence-electron chi connectivity index (χ2n) is 6.75. The van der Waals surface area contributed by atoms with Gasteiger partial charge in [-0.2, -0.15) is 5.26 Å². The van der Waals surface area contributed by atoms with Gasteiger partial charge in [-0.25, -0.2) is 0 Å². The van der Waals surface area contributed by atoms with Crippen LogP contribution in [0.1, 0.15) is 18.9 Å². The van der Waals surface area contributed by atoms with Gasteiger partial charge in [0, 0.05) is 13.0 Å². The van der Waals surface area contributed by atoms with Crippen molar-refractivity contribution < 1.29 is 28.6 Å². The average molecular weight is 423 g/mol. The number of ether oxygens (including phenoxy) is 3. The molecule has 9 heteroatoms. The van der Waals surface area contributed by atoms with Crippen LogP contribution in [0.5, 0.6) is 17.2 Å². The topological polar surface area (TPSA) is 141 Å². The first-order chi connectivity index (χ1) is 14.9. The zero-order valence-electron chi connectivity index (χ0n) is 16.8. The number of nitrogens with zero attached hydrogens (tertiary/aromatic N) is 1. The number of piperidine rings is 1. The lowest BCUT2D eigenvalue weighted by atomic mass is 9.85. The first-order valence-electron chi connectivity index (χ1n) is 9.59. The zero-order valence-corrected chi connectivity index (χ0v) is 16.8. The Hall–Kier alpha value is -3.74. The number of hydrogen-bond acceptors (Lipinski definition) is 8. The summed E-state index contributed by atoms with van der Waals surface area (Å²) in [6, 6.07) is 13.4. The van der Waals surface area contributed by atoms with Crippen LogP contribution < -0.4 is 20.5 Å². The molecule has 2 amide bonds. The van der Waals surface area contributed by atoms with Crippen LogP contribution in [0.3, 0.4) is 0 Å². The van der Waals surface area contributed by atoms with Gasteiger partial charge in [0.15, 0.2) is 0 Å². The highest BCUT2D eigenvalue weighted by molar-refractivity contribution is 6.27. The predicted octanol–water partition coefficient (Wildman–Crippen LogP) is 1.45. The van der Waals surface area contributed by atoms with Crippen LogP contribution >= 0.6 is 0 Å². The Kier molecular flexibility index (Phi) is 6.65. The maximum absolute atomic E-state index is 12.8. The molecule has 2 atom stereocenters. The SMILES string of the molecule is CCOCCC1(Oc2ccc(Oc3ccc(C#N)cc3)cc2)C(=O)NC(=O)C(N)C1=O. The van der Waals surface area contributed by atoms with Crippen molar-refractivity contribution in [3.63, 3.8) is 0 Å². The molecule has 1 fully saturated rings. The molecule has 2 unspecified atom stereocenters. The van der Waals surface area contributed by atoms with Crippen molar-refractivity contribution in [3.8, 4) is 23.3 Å². The Bertz CT molecular complexity index is 1010. The van der Waals surface area contributed by atoms with Gasteiger partial charge in [-0.3, -0.25) is 19.7 Å². The van der Waals surface area contributed by atoms with E-state index in [9.17, 15) is 14.4 Å². The molecule has 3 rings (SSSR count). The average Bonchev–Trinajstić information content (AvgIpc) is 2.78. The van der Waals surface area contributed by atoms with E-state index in [-0.39, 0.29) is 18.8 Å². The molecule has 2 aromatic rings. The Morgan fingerprint density at radius 2 is 1.61 bits per heavy atom. The van der Waals surface area contributed by atoms with Crippen LogP contribution in [0.25, 0.3) is 0 Å². The Morgan fingerprint density at radius 3 is 2.19 bits per heavy atom. The highest BCUT2D eigenvalue weighted by Crippen LogP contribution is 2.29. The minimum absolute atomic E-state index is 0.0659. The van der Waals surface area contributed by atoms with E-state index < -0.39 is 29.2 Å². The Balaban J connectivity index is 1.79. The molecule has 31 heavy (non-hydrogen) atoms. The van der Waals surface area contributed by atoms with Crippen LogP contribution in [0, 0.1) is 11.3 Å². The Labute approximate surface area is 178 Å². The number of nitrogens with two attached hydrogens (primary N) is 1. The number of imide groups is 1. The molecule has 1 saturated heterocycles. The minimum atomic E-state index is -1.97. The van der Waals surface area contributed by atoms with Crippen LogP contribution in [0.4, 0.5) is 0 Å². The molecule has 0 aliphatic carbocycles. The number of amides is 2. The molecular weight excluding hydrogens is 402 g/mol. The molecule has 0 spiro atoms. The third kappa shape index (κ3) is 4.71. The fourth-order valence-corrected chi connectivity index (χ4v) is 3.03. The fraction of sp³-hybridized carbons (Fsp3) is 0.273. The number of nitriles is 1. The maximum atomic E-state index is 12.8. The lowest BCUT2D eigenvalue weighted by Crippen LogP contribution is -2.70. The van der Waals surface area contributed by atoms with Gasteiger partial charge in [0.1, 0.15) is 23.3 Å². The fourth-order valence-electron chi connectivity index (χ4n) is 3.03. The van der Waals surface area contributed by atoms with Crippen LogP contribution in [0.2, 0.25) is 0 Å². The van der Waals surface area contributed by atoms with E-state index in [1.54, 1.807) is 43.3 Å². The molecule has 1 aliphatic heterocycles. The third-order valence-electron chi connectivity index (χ3n) is 4.70. The van der Waals surface area contributed by atoms with Gasteiger partial charge < -0.3 is 19.9 Å². The van der Waals surface area contributed by atoms with E-state index in [0.717, 1.165) is 0 Å². The van der Waals surface area contributed by atoms with Crippen molar-refractivity contribution in [2.75, 3.05) is 13.2 Å². The molecule has 0 saturated carbocycles. The molecule has 1 heterocycles. The summed E-state index contributed by atoms with van der Waals surface area (Å²) in [4.78, 5) is 37.1. The number of nitrogens with one attached hydrogen (secondary N) is 1. The summed E-state index contributed by atoms with van der Waals surface area (Å²) in [6.45, 7) is 2.23. The van der Waals surface area contributed by atoms with Gasteiger partial charge in [-0.1, -0.05) is 0 Å². The summed E-state index contributed by atoms with van der Waals surface area (Å²) in [5.41, 5.74) is 4.21. The van der Waals surface area contributed by atoms with Gasteiger partial charge in [-0.15, -0.1) is 0 Å². The molecule has 1 aliphatic rings. The van der Waals surface area contributed by atoms with Crippen molar-refractivity contribution in [1.29, 1.82) is 5.26 Å². The number of carbonyl (C=O) groups excluding carboxylic acids is 3. The van der Waals surface area contributed by atoms with E-state index in [0.29, 0.717) is 23.7 Å². The van der Waals surface area contributed by atoms with Crippen molar-refractivity contribution in [3.05, 3.63) is 54.1 Å². The second-order valence-corrected chi connectivity index (χ2v) is 6.75. The number of carbonyl (C=O) groups is 3. The summed E-state index contributed by atoms with van der Waals surface area (Å²) >= 11 is 0. The first-order valence-corrected chi connectivity index (χ1v) is 9.59. The normalized spacial score (nSPS) is 20.7. The van der Waals surface area contributed by atoms with Gasteiger partial charge in [0.05, 0.1) is 18.2 Å². The van der Waals surface area contributed by atoms with Gasteiger partial charge in [-0.05, 0) is 55.5 Å². The molecule has 0 bridgehead atoms. The number of rotatable bonds is 8. The van der Waals surface area contributed by atoms with E-state index >= 15 is 0 Å². The number of Topliss-reactive ketones (excluding diaryl/α,β-unsaturated/α-hetero) is 1. The summed E-state index contributed by atoms with van der Waals surface area (Å²) in [7, 11) is 0. The van der Waals surface area contributed by atoms with E-state index in [2.05, 4.69) is 5.32 Å². The Morgan fingerprint density at radius 1 is 1.03 bits per heavy atom. The van der Waals surface area contributed by atoms with Crippen LogP contribution in [0.15, 0.2) is 48.5 Å². The van der Waals surface area contributed by atoms with E-state index in [4.69, 9.17) is 25.2 Å². The van der Waals surface area contributed by atoms with Crippen molar-refractivity contribution in [2.24, 2.45) is 5.73 Å². The van der Waals surface area contributed by atoms with E-state index in [1.807, 2.05) is 6.07 Å². The minimum Gasteiger partial charge on any atom is -0.469 e. The van der Waals surface area contributed by atoms with Gasteiger partial charge in [0.25, 0.3) is 11.8 Å². The summed E-state index contributed by atoms with van der Waals surface area (Å²) < 4.78 is 16.8. The monoisotopic (exact) mass is 423 g/mol. The standard InChI is InChI=1S/C22H21N3O6/c1-2-29-12-11-22(19(26)18(24)20(27)25-21(22)28)31-17-9-7-16(8-10-17)30-15-5-3-14(13-23)4-6-15/h3-10,18H,2,11-12,24H2,1H3,(H,25,27,28). The maximum Gasteiger partial charge on any atom is 0.278 e. The van der Waals surface area contributed by atoms with Crippen molar-refractivity contribution in [2.45, 2.75) is 25.0 Å². The third-order valence-corrected chi connectivity index (χ3v) is 4.70. The zero-order chi connectivity index (χ0) is 22.4. The molecule has 160 valence electrons. The summed E-state index contributed by atoms with van der Waals surface area (Å²) in [5.74, 6) is -1.33. The molecular formula is C22H21N3O6. The van der Waals surface area contributed by atoms with E-state index in [1.165, 1.54) is 12.1 Å². The van der Waals surface area contributed by atoms with Crippen LogP contribution in [-0.4, -0.2) is 42.5 Å². The predicted molar refractivity (Wildman–Crippen MR) is 108 cm³/mol. The molecule has 0 radical (unpaired) electrons. The smallest absolute Gasteiger partial charge is 0.278 e. The number of benzene rings is 2. The quantitative estimate of drug-likeness (QED) is 0.369. The van der Waals surface area contributed by atoms with Crippen LogP contribution in [-0.2, 0) is 19.1 Å². The lowest BCUT2D eigenvalue weighted by Gasteiger charge is -2.36. The first kappa shape index (κ1) is 22.0. The summed E-state index contributed by atoms with van der Waals surface area (Å²) in [5, 5.41) is 10.9.